The topological polar surface area (TPSA) is 56.8 Å². The van der Waals surface area contributed by atoms with Gasteiger partial charge in [0.25, 0.3) is 0 Å². The standard InChI is InChI=1S/C23H30FN3O2/c1-29-19-7-8-20(21(24)13-19)22-18(14-25-26-22)15-27-11-9-17(10-12-27)23(28)16-5-3-2-4-6-16/h2-8,13,17-18,22-23,25-26,28H,9-12,14-15H2,1H3. The maximum absolute atomic E-state index is 14.6. The lowest BCUT2D eigenvalue weighted by Gasteiger charge is -2.36. The van der Waals surface area contributed by atoms with Crippen LogP contribution in [0.3, 0.4) is 0 Å². The highest BCUT2D eigenvalue weighted by Gasteiger charge is 2.33. The Morgan fingerprint density at radius 3 is 2.62 bits per heavy atom. The average molecular weight is 400 g/mol. The van der Waals surface area contributed by atoms with Gasteiger partial charge in [0.1, 0.15) is 11.6 Å². The van der Waals surface area contributed by atoms with Crippen LogP contribution in [-0.2, 0) is 0 Å². The monoisotopic (exact) mass is 399 g/mol. The molecule has 3 N–H and O–H groups in total. The molecule has 2 saturated heterocycles. The maximum atomic E-state index is 14.6. The molecular formula is C23H30FN3O2. The predicted octanol–water partition coefficient (Wildman–Crippen LogP) is 3.05. The number of hydrogen-bond acceptors (Lipinski definition) is 5. The molecule has 0 saturated carbocycles. The van der Waals surface area contributed by atoms with Crippen molar-refractivity contribution < 1.29 is 14.2 Å². The maximum Gasteiger partial charge on any atom is 0.131 e. The zero-order chi connectivity index (χ0) is 20.2. The molecule has 29 heavy (non-hydrogen) atoms. The summed E-state index contributed by atoms with van der Waals surface area (Å²) in [5, 5.41) is 10.7. The van der Waals surface area contributed by atoms with Crippen LogP contribution in [0.1, 0.15) is 36.1 Å². The Hall–Kier alpha value is -1.99. The molecule has 0 aromatic heterocycles. The van der Waals surface area contributed by atoms with Crippen LogP contribution in [0.5, 0.6) is 5.75 Å². The molecule has 156 valence electrons. The molecule has 5 nitrogen and oxygen atoms in total. The Labute approximate surface area is 171 Å². The molecular weight excluding hydrogens is 369 g/mol. The van der Waals surface area contributed by atoms with Crippen LogP contribution >= 0.6 is 0 Å². The van der Waals surface area contributed by atoms with Crippen molar-refractivity contribution in [3.05, 3.63) is 65.5 Å². The molecule has 6 heteroatoms. The molecule has 2 aromatic carbocycles. The number of piperidine rings is 1. The second-order valence-corrected chi connectivity index (χ2v) is 8.14. The molecule has 3 unspecified atom stereocenters. The van der Waals surface area contributed by atoms with E-state index in [4.69, 9.17) is 4.74 Å². The Bertz CT molecular complexity index is 796. The fraction of sp³-hybridized carbons (Fsp3) is 0.478. The Balaban J connectivity index is 1.34. The summed E-state index contributed by atoms with van der Waals surface area (Å²) >= 11 is 0. The number of nitrogens with zero attached hydrogens (tertiary/aromatic N) is 1. The summed E-state index contributed by atoms with van der Waals surface area (Å²) in [5.41, 5.74) is 8.12. The van der Waals surface area contributed by atoms with Crippen molar-refractivity contribution >= 4 is 0 Å². The minimum absolute atomic E-state index is 0.0615. The third-order valence-corrected chi connectivity index (χ3v) is 6.35. The van der Waals surface area contributed by atoms with Gasteiger partial charge >= 0.3 is 0 Å². The first kappa shape index (κ1) is 20.3. The lowest BCUT2D eigenvalue weighted by molar-refractivity contribution is 0.0540. The van der Waals surface area contributed by atoms with Crippen LogP contribution in [0.15, 0.2) is 48.5 Å². The third-order valence-electron chi connectivity index (χ3n) is 6.35. The van der Waals surface area contributed by atoms with E-state index in [0.29, 0.717) is 17.2 Å². The van der Waals surface area contributed by atoms with E-state index in [2.05, 4.69) is 15.8 Å². The first-order valence-electron chi connectivity index (χ1n) is 10.4. The van der Waals surface area contributed by atoms with Gasteiger partial charge in [-0.25, -0.2) is 9.82 Å². The van der Waals surface area contributed by atoms with Crippen molar-refractivity contribution in [2.24, 2.45) is 11.8 Å². The molecule has 0 bridgehead atoms. The van der Waals surface area contributed by atoms with Gasteiger partial charge in [-0.2, -0.15) is 0 Å². The van der Waals surface area contributed by atoms with Crippen molar-refractivity contribution in [3.63, 3.8) is 0 Å². The molecule has 2 fully saturated rings. The number of benzene rings is 2. The van der Waals surface area contributed by atoms with Crippen LogP contribution in [-0.4, -0.2) is 43.3 Å². The highest BCUT2D eigenvalue weighted by molar-refractivity contribution is 5.31. The van der Waals surface area contributed by atoms with Crippen molar-refractivity contribution in [1.29, 1.82) is 0 Å². The van der Waals surface area contributed by atoms with Gasteiger partial charge in [0.15, 0.2) is 0 Å². The number of likely N-dealkylation sites (tertiary alicyclic amines) is 1. The van der Waals surface area contributed by atoms with Crippen molar-refractivity contribution in [3.8, 4) is 5.75 Å². The highest BCUT2D eigenvalue weighted by atomic mass is 19.1. The van der Waals surface area contributed by atoms with Gasteiger partial charge in [-0.05, 0) is 43.5 Å². The molecule has 0 radical (unpaired) electrons. The van der Waals surface area contributed by atoms with Gasteiger partial charge in [0, 0.05) is 30.6 Å². The fourth-order valence-corrected chi connectivity index (χ4v) is 4.63. The van der Waals surface area contributed by atoms with E-state index in [0.717, 1.165) is 44.6 Å². The number of methoxy groups -OCH3 is 1. The molecule has 2 heterocycles. The Morgan fingerprint density at radius 1 is 1.17 bits per heavy atom. The largest absolute Gasteiger partial charge is 0.497 e. The first-order valence-corrected chi connectivity index (χ1v) is 10.4. The third kappa shape index (κ3) is 4.61. The number of halogens is 1. The number of aliphatic hydroxyl groups is 1. The van der Waals surface area contributed by atoms with E-state index in [1.54, 1.807) is 7.11 Å². The van der Waals surface area contributed by atoms with Crippen LogP contribution in [0.2, 0.25) is 0 Å². The van der Waals surface area contributed by atoms with E-state index in [1.165, 1.54) is 6.07 Å². The summed E-state index contributed by atoms with van der Waals surface area (Å²) in [6, 6.07) is 14.9. The van der Waals surface area contributed by atoms with Gasteiger partial charge in [-0.3, -0.25) is 5.43 Å². The number of rotatable bonds is 6. The SMILES string of the molecule is COc1ccc(C2NNCC2CN2CCC(C(O)c3ccccc3)CC2)c(F)c1. The van der Waals surface area contributed by atoms with Crippen molar-refractivity contribution in [1.82, 2.24) is 15.8 Å². The summed E-state index contributed by atoms with van der Waals surface area (Å²) in [6.45, 7) is 3.64. The predicted molar refractivity (Wildman–Crippen MR) is 111 cm³/mol. The minimum Gasteiger partial charge on any atom is -0.497 e. The zero-order valence-electron chi connectivity index (χ0n) is 16.9. The quantitative estimate of drug-likeness (QED) is 0.697. The number of hydrogen-bond donors (Lipinski definition) is 3. The van der Waals surface area contributed by atoms with Crippen LogP contribution in [0, 0.1) is 17.7 Å². The average Bonchev–Trinajstić information content (AvgIpc) is 3.22. The number of aliphatic hydroxyl groups excluding tert-OH is 1. The Kier molecular flexibility index (Phi) is 6.45. The second kappa shape index (κ2) is 9.22. The normalized spacial score (nSPS) is 24.5. The Morgan fingerprint density at radius 2 is 1.93 bits per heavy atom. The van der Waals surface area contributed by atoms with Crippen molar-refractivity contribution in [2.45, 2.75) is 25.0 Å². The molecule has 0 amide bonds. The molecule has 2 aliphatic heterocycles. The van der Waals surface area contributed by atoms with Gasteiger partial charge < -0.3 is 14.7 Å². The smallest absolute Gasteiger partial charge is 0.131 e. The van der Waals surface area contributed by atoms with Crippen molar-refractivity contribution in [2.75, 3.05) is 33.3 Å². The lowest BCUT2D eigenvalue weighted by atomic mass is 9.86. The van der Waals surface area contributed by atoms with Gasteiger partial charge in [-0.1, -0.05) is 36.4 Å². The zero-order valence-corrected chi connectivity index (χ0v) is 16.9. The minimum atomic E-state index is -0.394. The molecule has 0 spiro atoms. The van der Waals surface area contributed by atoms with Gasteiger partial charge in [0.2, 0.25) is 0 Å². The van der Waals surface area contributed by atoms with E-state index in [1.807, 2.05) is 42.5 Å². The fourth-order valence-electron chi connectivity index (χ4n) is 4.63. The van der Waals surface area contributed by atoms with Crippen LogP contribution < -0.4 is 15.6 Å². The number of nitrogens with one attached hydrogen (secondary N) is 2. The van der Waals surface area contributed by atoms with E-state index < -0.39 is 6.10 Å². The first-order chi connectivity index (χ1) is 14.2. The summed E-state index contributed by atoms with van der Waals surface area (Å²) < 4.78 is 19.7. The highest BCUT2D eigenvalue weighted by Crippen LogP contribution is 2.33. The summed E-state index contributed by atoms with van der Waals surface area (Å²) in [4.78, 5) is 2.45. The van der Waals surface area contributed by atoms with E-state index >= 15 is 0 Å². The van der Waals surface area contributed by atoms with E-state index in [9.17, 15) is 9.50 Å². The molecule has 3 atom stereocenters. The molecule has 2 aliphatic rings. The second-order valence-electron chi connectivity index (χ2n) is 8.14. The molecule has 0 aliphatic carbocycles. The summed E-state index contributed by atoms with van der Waals surface area (Å²) in [6.07, 6.45) is 1.56. The van der Waals surface area contributed by atoms with Crippen LogP contribution in [0.25, 0.3) is 0 Å². The van der Waals surface area contributed by atoms with E-state index in [-0.39, 0.29) is 17.8 Å². The van der Waals surface area contributed by atoms with Gasteiger partial charge in [0.05, 0.1) is 19.3 Å². The number of hydrazine groups is 1. The molecule has 2 aromatic rings. The molecule has 4 rings (SSSR count). The number of ether oxygens (including phenoxy) is 1. The summed E-state index contributed by atoms with van der Waals surface area (Å²) in [7, 11) is 1.55. The van der Waals surface area contributed by atoms with Gasteiger partial charge in [-0.15, -0.1) is 0 Å². The lowest BCUT2D eigenvalue weighted by Crippen LogP contribution is -2.40. The van der Waals surface area contributed by atoms with Crippen LogP contribution in [0.4, 0.5) is 4.39 Å². The summed E-state index contributed by atoms with van der Waals surface area (Å²) in [5.74, 6) is 0.879.